The van der Waals surface area contributed by atoms with Gasteiger partial charge in [-0.1, -0.05) is 41.4 Å². The molecule has 0 aliphatic heterocycles. The fourth-order valence-corrected chi connectivity index (χ4v) is 1.55. The van der Waals surface area contributed by atoms with E-state index in [-0.39, 0.29) is 0 Å². The van der Waals surface area contributed by atoms with Crippen LogP contribution < -0.4 is 5.73 Å². The molecule has 0 spiro atoms. The first kappa shape index (κ1) is 9.99. The summed E-state index contributed by atoms with van der Waals surface area (Å²) in [7, 11) is 0. The van der Waals surface area contributed by atoms with Crippen molar-refractivity contribution in [1.29, 1.82) is 0 Å². The molecule has 0 aliphatic carbocycles. The molecule has 0 aliphatic rings. The molecular weight excluding hydrogens is 208 g/mol. The summed E-state index contributed by atoms with van der Waals surface area (Å²) < 4.78 is 0. The highest BCUT2D eigenvalue weighted by atomic mass is 35.5. The summed E-state index contributed by atoms with van der Waals surface area (Å²) in [5.41, 5.74) is 9.51. The Morgan fingerprint density at radius 1 is 1.20 bits per heavy atom. The molecule has 2 rings (SSSR count). The number of halogens is 1. The maximum atomic E-state index is 5.76. The van der Waals surface area contributed by atoms with E-state index >= 15 is 0 Å². The summed E-state index contributed by atoms with van der Waals surface area (Å²) in [6.45, 7) is 2.05. The zero-order chi connectivity index (χ0) is 10.8. The molecule has 76 valence electrons. The Hall–Kier alpha value is -1.54. The van der Waals surface area contributed by atoms with Crippen LogP contribution in [-0.2, 0) is 0 Å². The number of benzene rings is 1. The number of anilines is 1. The van der Waals surface area contributed by atoms with Crippen LogP contribution in [0.3, 0.4) is 0 Å². The first-order chi connectivity index (χ1) is 7.16. The molecule has 0 bridgehead atoms. The molecule has 2 N–H and O–H groups in total. The van der Waals surface area contributed by atoms with Crippen LogP contribution in [0.1, 0.15) is 5.56 Å². The quantitative estimate of drug-likeness (QED) is 0.746. The van der Waals surface area contributed by atoms with E-state index in [1.165, 1.54) is 5.56 Å². The zero-order valence-electron chi connectivity index (χ0n) is 8.37. The molecule has 0 saturated carbocycles. The highest BCUT2D eigenvalue weighted by Crippen LogP contribution is 2.24. The van der Waals surface area contributed by atoms with Gasteiger partial charge in [0.2, 0.25) is 0 Å². The zero-order valence-corrected chi connectivity index (χ0v) is 9.12. The molecule has 1 aromatic carbocycles. The third-order valence-electron chi connectivity index (χ3n) is 2.22. The van der Waals surface area contributed by atoms with Gasteiger partial charge >= 0.3 is 0 Å². The van der Waals surface area contributed by atoms with Crippen LogP contribution in [0, 0.1) is 6.92 Å². The van der Waals surface area contributed by atoms with Crippen molar-refractivity contribution in [3.05, 3.63) is 47.2 Å². The largest absolute Gasteiger partial charge is 0.396 e. The SMILES string of the molecule is Cc1cccc(-c2cnc(Cl)c(N)c2)c1. The van der Waals surface area contributed by atoms with Gasteiger partial charge in [-0.2, -0.15) is 0 Å². The first-order valence-electron chi connectivity index (χ1n) is 4.65. The van der Waals surface area contributed by atoms with Gasteiger partial charge in [-0.3, -0.25) is 0 Å². The molecular formula is C12H11ClN2. The second-order valence-corrected chi connectivity index (χ2v) is 3.83. The molecule has 0 saturated heterocycles. The Bertz CT molecular complexity index is 495. The van der Waals surface area contributed by atoms with E-state index in [0.29, 0.717) is 10.8 Å². The molecule has 0 radical (unpaired) electrons. The van der Waals surface area contributed by atoms with Gasteiger partial charge in [-0.15, -0.1) is 0 Å². The minimum absolute atomic E-state index is 0.353. The van der Waals surface area contributed by atoms with Gasteiger partial charge in [0, 0.05) is 11.8 Å². The topological polar surface area (TPSA) is 38.9 Å². The number of hydrogen-bond donors (Lipinski definition) is 1. The molecule has 0 unspecified atom stereocenters. The van der Waals surface area contributed by atoms with Crippen LogP contribution in [0.2, 0.25) is 5.15 Å². The van der Waals surface area contributed by atoms with Crippen LogP contribution in [-0.4, -0.2) is 4.98 Å². The van der Waals surface area contributed by atoms with Crippen molar-refractivity contribution in [2.75, 3.05) is 5.73 Å². The van der Waals surface area contributed by atoms with Gasteiger partial charge in [0.25, 0.3) is 0 Å². The lowest BCUT2D eigenvalue weighted by atomic mass is 10.1. The van der Waals surface area contributed by atoms with Crippen molar-refractivity contribution in [3.63, 3.8) is 0 Å². The van der Waals surface area contributed by atoms with Crippen molar-refractivity contribution >= 4 is 17.3 Å². The highest BCUT2D eigenvalue weighted by Gasteiger charge is 2.02. The Labute approximate surface area is 93.7 Å². The number of pyridine rings is 1. The maximum Gasteiger partial charge on any atom is 0.151 e. The number of aryl methyl sites for hydroxylation is 1. The fourth-order valence-electron chi connectivity index (χ4n) is 1.45. The predicted molar refractivity (Wildman–Crippen MR) is 63.8 cm³/mol. The van der Waals surface area contributed by atoms with Crippen LogP contribution in [0.4, 0.5) is 5.69 Å². The molecule has 0 amide bonds. The number of rotatable bonds is 1. The average molecular weight is 219 g/mol. The van der Waals surface area contributed by atoms with Crippen molar-refractivity contribution in [2.45, 2.75) is 6.92 Å². The van der Waals surface area contributed by atoms with E-state index in [1.807, 2.05) is 18.2 Å². The van der Waals surface area contributed by atoms with Gasteiger partial charge in [0.05, 0.1) is 5.69 Å². The first-order valence-corrected chi connectivity index (χ1v) is 5.02. The summed E-state index contributed by atoms with van der Waals surface area (Å²) in [4.78, 5) is 4.03. The lowest BCUT2D eigenvalue weighted by Gasteiger charge is -2.04. The van der Waals surface area contributed by atoms with Gasteiger partial charge in [0.1, 0.15) is 0 Å². The number of hydrogen-bond acceptors (Lipinski definition) is 2. The van der Waals surface area contributed by atoms with E-state index in [0.717, 1.165) is 11.1 Å². The predicted octanol–water partition coefficient (Wildman–Crippen LogP) is 3.29. The lowest BCUT2D eigenvalue weighted by molar-refractivity contribution is 1.33. The lowest BCUT2D eigenvalue weighted by Crippen LogP contribution is -1.90. The number of nitrogens with zero attached hydrogens (tertiary/aromatic N) is 1. The van der Waals surface area contributed by atoms with E-state index in [2.05, 4.69) is 24.0 Å². The summed E-state index contributed by atoms with van der Waals surface area (Å²) in [6, 6.07) is 10.0. The summed E-state index contributed by atoms with van der Waals surface area (Å²) in [5, 5.41) is 0.353. The average Bonchev–Trinajstić information content (AvgIpc) is 2.22. The summed E-state index contributed by atoms with van der Waals surface area (Å²) >= 11 is 5.76. The standard InChI is InChI=1S/C12H11ClN2/c1-8-3-2-4-9(5-8)10-6-11(14)12(13)15-7-10/h2-7H,14H2,1H3. The molecule has 2 aromatic rings. The van der Waals surface area contributed by atoms with Crippen LogP contribution in [0.25, 0.3) is 11.1 Å². The third-order valence-corrected chi connectivity index (χ3v) is 2.53. The minimum atomic E-state index is 0.353. The number of aromatic nitrogens is 1. The minimum Gasteiger partial charge on any atom is -0.396 e. The van der Waals surface area contributed by atoms with E-state index in [4.69, 9.17) is 17.3 Å². The number of nitrogen functional groups attached to an aromatic ring is 1. The maximum absolute atomic E-state index is 5.76. The Morgan fingerprint density at radius 2 is 2.00 bits per heavy atom. The van der Waals surface area contributed by atoms with Crippen LogP contribution in [0.15, 0.2) is 36.5 Å². The van der Waals surface area contributed by atoms with Gasteiger partial charge in [-0.25, -0.2) is 4.98 Å². The smallest absolute Gasteiger partial charge is 0.151 e. The van der Waals surface area contributed by atoms with E-state index < -0.39 is 0 Å². The summed E-state index contributed by atoms with van der Waals surface area (Å²) in [6.07, 6.45) is 1.73. The number of nitrogens with two attached hydrogens (primary N) is 1. The van der Waals surface area contributed by atoms with E-state index in [9.17, 15) is 0 Å². The van der Waals surface area contributed by atoms with Crippen molar-refractivity contribution in [3.8, 4) is 11.1 Å². The molecule has 3 heteroatoms. The fraction of sp³-hybridized carbons (Fsp3) is 0.0833. The summed E-state index contributed by atoms with van der Waals surface area (Å²) in [5.74, 6) is 0. The van der Waals surface area contributed by atoms with Gasteiger partial charge in [0.15, 0.2) is 5.15 Å². The Kier molecular flexibility index (Phi) is 2.60. The highest BCUT2D eigenvalue weighted by molar-refractivity contribution is 6.31. The van der Waals surface area contributed by atoms with E-state index in [1.54, 1.807) is 6.20 Å². The van der Waals surface area contributed by atoms with Crippen molar-refractivity contribution in [1.82, 2.24) is 4.98 Å². The molecule has 2 nitrogen and oxygen atoms in total. The third kappa shape index (κ3) is 2.10. The molecule has 0 fully saturated rings. The monoisotopic (exact) mass is 218 g/mol. The second-order valence-electron chi connectivity index (χ2n) is 3.47. The van der Waals surface area contributed by atoms with Crippen molar-refractivity contribution < 1.29 is 0 Å². The normalized spacial score (nSPS) is 10.3. The molecule has 0 atom stereocenters. The Morgan fingerprint density at radius 3 is 2.67 bits per heavy atom. The van der Waals surface area contributed by atoms with Gasteiger partial charge in [-0.05, 0) is 18.6 Å². The molecule has 1 aromatic heterocycles. The molecule has 15 heavy (non-hydrogen) atoms. The molecule has 1 heterocycles. The van der Waals surface area contributed by atoms with Gasteiger partial charge < -0.3 is 5.73 Å². The van der Waals surface area contributed by atoms with Crippen molar-refractivity contribution in [2.24, 2.45) is 0 Å². The second kappa shape index (κ2) is 3.91. The van der Waals surface area contributed by atoms with Crippen LogP contribution >= 0.6 is 11.6 Å². The Balaban J connectivity index is 2.50. The van der Waals surface area contributed by atoms with Crippen LogP contribution in [0.5, 0.6) is 0 Å².